The molecule has 1 aromatic rings. The van der Waals surface area contributed by atoms with Gasteiger partial charge in [-0.15, -0.1) is 16.9 Å². The molecule has 17 heavy (non-hydrogen) atoms. The van der Waals surface area contributed by atoms with E-state index in [2.05, 4.69) is 27.7 Å². The number of rotatable bonds is 4. The molecular weight excluding hydrogens is 254 g/mol. The molecule has 0 aliphatic carbocycles. The number of thioether (sulfide) groups is 2. The van der Waals surface area contributed by atoms with Gasteiger partial charge in [0.2, 0.25) is 5.91 Å². The summed E-state index contributed by atoms with van der Waals surface area (Å²) in [6.07, 6.45) is 1.73. The normalized spacial score (nSPS) is 17.9. The van der Waals surface area contributed by atoms with Gasteiger partial charge in [0.15, 0.2) is 5.17 Å². The number of nitrogens with one attached hydrogen (secondary N) is 1. The van der Waals surface area contributed by atoms with E-state index < -0.39 is 0 Å². The largest absolute Gasteiger partial charge is 0.303 e. The first-order chi connectivity index (χ1) is 8.34. The quantitative estimate of drug-likeness (QED) is 0.514. The Morgan fingerprint density at radius 1 is 1.41 bits per heavy atom. The number of amides is 1. The first-order valence-corrected chi connectivity index (χ1v) is 7.02. The molecule has 1 aliphatic rings. The zero-order chi connectivity index (χ0) is 11.9. The van der Waals surface area contributed by atoms with E-state index in [1.54, 1.807) is 18.0 Å². The van der Waals surface area contributed by atoms with E-state index in [-0.39, 0.29) is 5.91 Å². The van der Waals surface area contributed by atoms with E-state index >= 15 is 0 Å². The van der Waals surface area contributed by atoms with Crippen molar-refractivity contribution < 1.29 is 4.79 Å². The SMILES string of the molecule is O=C1CS/C(=N\N=C/CSc2ccccc2)N1. The Morgan fingerprint density at radius 3 is 2.94 bits per heavy atom. The van der Waals surface area contributed by atoms with Crippen LogP contribution < -0.4 is 5.32 Å². The number of carbonyl (C=O) groups excluding carboxylic acids is 1. The third-order valence-electron chi connectivity index (χ3n) is 1.88. The van der Waals surface area contributed by atoms with Crippen molar-refractivity contribution in [2.24, 2.45) is 10.2 Å². The number of hydrogen-bond acceptors (Lipinski definition) is 5. The van der Waals surface area contributed by atoms with Crippen LogP contribution in [0, 0.1) is 0 Å². The third kappa shape index (κ3) is 4.24. The van der Waals surface area contributed by atoms with Crippen LogP contribution in [0.1, 0.15) is 0 Å². The van der Waals surface area contributed by atoms with Crippen molar-refractivity contribution >= 4 is 40.8 Å². The molecule has 4 nitrogen and oxygen atoms in total. The van der Waals surface area contributed by atoms with E-state index in [0.717, 1.165) is 5.75 Å². The molecule has 0 bridgehead atoms. The Bertz CT molecular complexity index is 445. The van der Waals surface area contributed by atoms with Gasteiger partial charge in [-0.3, -0.25) is 4.79 Å². The van der Waals surface area contributed by atoms with Gasteiger partial charge in [0.25, 0.3) is 0 Å². The summed E-state index contributed by atoms with van der Waals surface area (Å²) < 4.78 is 0. The van der Waals surface area contributed by atoms with Gasteiger partial charge in [0.05, 0.1) is 5.75 Å². The smallest absolute Gasteiger partial charge is 0.236 e. The third-order valence-corrected chi connectivity index (χ3v) is 3.67. The number of hydrogen-bond donors (Lipinski definition) is 1. The predicted molar refractivity (Wildman–Crippen MR) is 73.7 cm³/mol. The molecule has 0 atom stereocenters. The van der Waals surface area contributed by atoms with Crippen LogP contribution in [0.25, 0.3) is 0 Å². The molecule has 0 aromatic heterocycles. The molecule has 1 saturated heterocycles. The second kappa shape index (κ2) is 6.46. The van der Waals surface area contributed by atoms with Crippen molar-refractivity contribution in [2.45, 2.75) is 4.90 Å². The van der Waals surface area contributed by atoms with Gasteiger partial charge in [-0.05, 0) is 12.1 Å². The summed E-state index contributed by atoms with van der Waals surface area (Å²) in [5, 5.41) is 11.0. The lowest BCUT2D eigenvalue weighted by molar-refractivity contribution is -0.116. The minimum Gasteiger partial charge on any atom is -0.303 e. The molecule has 1 fully saturated rings. The van der Waals surface area contributed by atoms with Gasteiger partial charge >= 0.3 is 0 Å². The van der Waals surface area contributed by atoms with Crippen LogP contribution in [-0.4, -0.2) is 28.8 Å². The van der Waals surface area contributed by atoms with Crippen LogP contribution in [0.2, 0.25) is 0 Å². The van der Waals surface area contributed by atoms with Crippen LogP contribution in [0.4, 0.5) is 0 Å². The summed E-state index contributed by atoms with van der Waals surface area (Å²) >= 11 is 3.06. The van der Waals surface area contributed by atoms with E-state index in [4.69, 9.17) is 0 Å². The first-order valence-electron chi connectivity index (χ1n) is 5.04. The molecular formula is C11H11N3OS2. The van der Waals surface area contributed by atoms with Crippen molar-refractivity contribution in [3.05, 3.63) is 30.3 Å². The van der Waals surface area contributed by atoms with Crippen LogP contribution in [0.3, 0.4) is 0 Å². The topological polar surface area (TPSA) is 53.8 Å². The fourth-order valence-corrected chi connectivity index (χ4v) is 2.47. The van der Waals surface area contributed by atoms with Gasteiger partial charge < -0.3 is 5.32 Å². The highest BCUT2D eigenvalue weighted by Crippen LogP contribution is 2.15. The van der Waals surface area contributed by atoms with Crippen LogP contribution in [0.5, 0.6) is 0 Å². The molecule has 1 aromatic carbocycles. The van der Waals surface area contributed by atoms with Crippen LogP contribution >= 0.6 is 23.5 Å². The van der Waals surface area contributed by atoms with Crippen LogP contribution in [-0.2, 0) is 4.79 Å². The standard InChI is InChI=1S/C11H11N3OS2/c15-10-8-17-11(13-10)14-12-6-7-16-9-4-2-1-3-5-9/h1-6H,7-8H2,(H,13,14,15)/b12-6-. The summed E-state index contributed by atoms with van der Waals surface area (Å²) in [6.45, 7) is 0. The van der Waals surface area contributed by atoms with E-state index in [9.17, 15) is 4.79 Å². The Balaban J connectivity index is 1.74. The van der Waals surface area contributed by atoms with Gasteiger partial charge in [-0.2, -0.15) is 5.10 Å². The summed E-state index contributed by atoms with van der Waals surface area (Å²) in [5.74, 6) is 1.19. The fraction of sp³-hybridized carbons (Fsp3) is 0.182. The molecule has 1 heterocycles. The van der Waals surface area contributed by atoms with Crippen molar-refractivity contribution in [3.63, 3.8) is 0 Å². The lowest BCUT2D eigenvalue weighted by Gasteiger charge is -1.95. The fourth-order valence-electron chi connectivity index (χ4n) is 1.16. The Hall–Kier alpha value is -1.27. The summed E-state index contributed by atoms with van der Waals surface area (Å²) in [6, 6.07) is 10.1. The zero-order valence-corrected chi connectivity index (χ0v) is 10.6. The summed E-state index contributed by atoms with van der Waals surface area (Å²) in [4.78, 5) is 12.1. The lowest BCUT2D eigenvalue weighted by Crippen LogP contribution is -2.19. The number of nitrogens with zero attached hydrogens (tertiary/aromatic N) is 2. The molecule has 1 aliphatic heterocycles. The van der Waals surface area contributed by atoms with Gasteiger partial charge in [-0.25, -0.2) is 0 Å². The molecule has 0 spiro atoms. The molecule has 1 amide bonds. The minimum atomic E-state index is -0.0115. The molecule has 6 heteroatoms. The van der Waals surface area contributed by atoms with Gasteiger partial charge in [0, 0.05) is 16.9 Å². The van der Waals surface area contributed by atoms with E-state index in [1.165, 1.54) is 16.7 Å². The average molecular weight is 265 g/mol. The zero-order valence-electron chi connectivity index (χ0n) is 9.00. The number of benzene rings is 1. The average Bonchev–Trinajstić information content (AvgIpc) is 2.76. The Labute approximate surface area is 108 Å². The van der Waals surface area contributed by atoms with Crippen molar-refractivity contribution in [1.82, 2.24) is 5.32 Å². The highest BCUT2D eigenvalue weighted by atomic mass is 32.2. The second-order valence-corrected chi connectivity index (χ2v) is 5.22. The van der Waals surface area contributed by atoms with Crippen molar-refractivity contribution in [3.8, 4) is 0 Å². The maximum atomic E-state index is 10.9. The predicted octanol–water partition coefficient (Wildman–Crippen LogP) is 1.98. The number of amidine groups is 1. The van der Waals surface area contributed by atoms with Crippen LogP contribution in [0.15, 0.2) is 45.4 Å². The summed E-state index contributed by atoms with van der Waals surface area (Å²) in [5.41, 5.74) is 0. The monoisotopic (exact) mass is 265 g/mol. The second-order valence-electron chi connectivity index (χ2n) is 3.16. The molecule has 1 N–H and O–H groups in total. The molecule has 2 rings (SSSR count). The Morgan fingerprint density at radius 2 is 2.24 bits per heavy atom. The minimum absolute atomic E-state index is 0.0115. The molecule has 88 valence electrons. The Kier molecular flexibility index (Phi) is 4.63. The first kappa shape index (κ1) is 12.2. The van der Waals surface area contributed by atoms with Crippen molar-refractivity contribution in [2.75, 3.05) is 11.5 Å². The summed E-state index contributed by atoms with van der Waals surface area (Å²) in [7, 11) is 0. The van der Waals surface area contributed by atoms with Crippen molar-refractivity contribution in [1.29, 1.82) is 0 Å². The maximum absolute atomic E-state index is 10.9. The van der Waals surface area contributed by atoms with Gasteiger partial charge in [-0.1, -0.05) is 30.0 Å². The molecule has 0 radical (unpaired) electrons. The molecule has 0 saturated carbocycles. The maximum Gasteiger partial charge on any atom is 0.236 e. The van der Waals surface area contributed by atoms with Gasteiger partial charge in [0.1, 0.15) is 0 Å². The highest BCUT2D eigenvalue weighted by molar-refractivity contribution is 8.15. The lowest BCUT2D eigenvalue weighted by atomic mass is 10.4. The van der Waals surface area contributed by atoms with E-state index in [0.29, 0.717) is 10.9 Å². The number of carbonyl (C=O) groups is 1. The highest BCUT2D eigenvalue weighted by Gasteiger charge is 2.15. The van der Waals surface area contributed by atoms with E-state index in [1.807, 2.05) is 18.2 Å². The molecule has 0 unspecified atom stereocenters.